The standard InChI is InChI=1S/C23H24ClN3O3S2/c1-13-10-14-6-5-7-16(19(14)30-13)26-21(28)18-11-15(24)20(31-18)17-12-32(29)23(22(25)27-17)8-3-2-4-9-23/h5-7,10-11,17H,2-4,8-9,12H2,1H3,(H2,25,27)(H,26,28)/t17-,32?/m0/s1. The molecule has 9 heteroatoms. The number of amidine groups is 1. The summed E-state index contributed by atoms with van der Waals surface area (Å²) in [7, 11) is -1.12. The Kier molecular flexibility index (Phi) is 5.63. The summed E-state index contributed by atoms with van der Waals surface area (Å²) >= 11 is 7.77. The highest BCUT2D eigenvalue weighted by Gasteiger charge is 2.46. The molecule has 1 aromatic carbocycles. The molecule has 1 amide bonds. The number of para-hydroxylation sites is 1. The average Bonchev–Trinajstić information content (AvgIpc) is 3.35. The lowest BCUT2D eigenvalue weighted by Crippen LogP contribution is -2.53. The number of aliphatic imine (C=N–C) groups is 1. The van der Waals surface area contributed by atoms with E-state index in [9.17, 15) is 9.00 Å². The summed E-state index contributed by atoms with van der Waals surface area (Å²) in [6, 6.07) is 8.79. The number of carbonyl (C=O) groups excluding carboxylic acids is 1. The third-order valence-electron chi connectivity index (χ3n) is 6.32. The molecule has 2 aromatic heterocycles. The minimum atomic E-state index is -1.12. The largest absolute Gasteiger partial charge is 0.459 e. The first-order valence-electron chi connectivity index (χ1n) is 10.7. The number of anilines is 1. The monoisotopic (exact) mass is 489 g/mol. The summed E-state index contributed by atoms with van der Waals surface area (Å²) in [4.78, 5) is 18.9. The smallest absolute Gasteiger partial charge is 0.265 e. The van der Waals surface area contributed by atoms with Gasteiger partial charge in [0.25, 0.3) is 5.91 Å². The molecule has 1 spiro atoms. The van der Waals surface area contributed by atoms with Gasteiger partial charge < -0.3 is 15.5 Å². The molecule has 0 saturated heterocycles. The maximum absolute atomic E-state index is 13.2. The van der Waals surface area contributed by atoms with Crippen molar-refractivity contribution >= 4 is 62.1 Å². The highest BCUT2D eigenvalue weighted by Crippen LogP contribution is 2.43. The number of rotatable bonds is 3. The second-order valence-electron chi connectivity index (χ2n) is 8.46. The molecule has 0 bridgehead atoms. The van der Waals surface area contributed by atoms with Crippen molar-refractivity contribution in [1.29, 1.82) is 0 Å². The maximum Gasteiger partial charge on any atom is 0.265 e. The Morgan fingerprint density at radius 1 is 1.31 bits per heavy atom. The van der Waals surface area contributed by atoms with Crippen LogP contribution in [0.2, 0.25) is 5.02 Å². The molecule has 3 aromatic rings. The summed E-state index contributed by atoms with van der Waals surface area (Å²) in [5.74, 6) is 1.36. The topological polar surface area (TPSA) is 97.7 Å². The van der Waals surface area contributed by atoms with Gasteiger partial charge in [-0.15, -0.1) is 11.3 Å². The molecule has 1 aliphatic carbocycles. The number of furan rings is 1. The van der Waals surface area contributed by atoms with E-state index in [-0.39, 0.29) is 5.91 Å². The number of aryl methyl sites for hydroxylation is 1. The quantitative estimate of drug-likeness (QED) is 0.502. The zero-order valence-electron chi connectivity index (χ0n) is 17.7. The SMILES string of the molecule is Cc1cc2cccc(NC(=O)c3cc(Cl)c([C@@H]4CS(=O)C5(CCCCC5)C(N)=N4)s3)c2o1. The Morgan fingerprint density at radius 2 is 2.09 bits per heavy atom. The van der Waals surface area contributed by atoms with Crippen LogP contribution < -0.4 is 11.1 Å². The van der Waals surface area contributed by atoms with Gasteiger partial charge >= 0.3 is 0 Å². The van der Waals surface area contributed by atoms with Gasteiger partial charge in [-0.1, -0.05) is 43.0 Å². The van der Waals surface area contributed by atoms with Crippen LogP contribution in [-0.4, -0.2) is 26.5 Å². The second-order valence-corrected chi connectivity index (χ2v) is 11.8. The number of nitrogens with two attached hydrogens (primary N) is 1. The lowest BCUT2D eigenvalue weighted by atomic mass is 9.87. The molecule has 168 valence electrons. The first-order valence-corrected chi connectivity index (χ1v) is 13.2. The highest BCUT2D eigenvalue weighted by molar-refractivity contribution is 7.87. The number of hydrogen-bond acceptors (Lipinski definition) is 6. The number of amides is 1. The van der Waals surface area contributed by atoms with Crippen LogP contribution in [0.25, 0.3) is 11.0 Å². The third-order valence-corrected chi connectivity index (χ3v) is 10.1. The van der Waals surface area contributed by atoms with Gasteiger partial charge in [-0.2, -0.15) is 0 Å². The van der Waals surface area contributed by atoms with Gasteiger partial charge in [0.15, 0.2) is 5.58 Å². The van der Waals surface area contributed by atoms with E-state index in [0.717, 1.165) is 48.1 Å². The van der Waals surface area contributed by atoms with Gasteiger partial charge in [-0.25, -0.2) is 0 Å². The zero-order valence-corrected chi connectivity index (χ0v) is 20.0. The van der Waals surface area contributed by atoms with E-state index in [4.69, 9.17) is 26.7 Å². The Balaban J connectivity index is 1.40. The van der Waals surface area contributed by atoms with Crippen LogP contribution in [0.15, 0.2) is 39.7 Å². The molecule has 0 radical (unpaired) electrons. The predicted octanol–water partition coefficient (Wildman–Crippen LogP) is 5.57. The van der Waals surface area contributed by atoms with E-state index in [1.54, 1.807) is 12.1 Å². The molecule has 1 saturated carbocycles. The van der Waals surface area contributed by atoms with E-state index < -0.39 is 21.6 Å². The molecule has 1 unspecified atom stereocenters. The van der Waals surface area contributed by atoms with E-state index in [1.165, 1.54) is 11.3 Å². The fraction of sp³-hybridized carbons (Fsp3) is 0.391. The number of thiophene rings is 1. The third kappa shape index (κ3) is 3.68. The molecule has 3 heterocycles. The lowest BCUT2D eigenvalue weighted by molar-refractivity contribution is 0.103. The molecular weight excluding hydrogens is 466 g/mol. The normalized spacial score (nSPS) is 22.8. The summed E-state index contributed by atoms with van der Waals surface area (Å²) in [5, 5.41) is 4.30. The Hall–Kier alpha value is -2.16. The Labute approximate surface area is 197 Å². The summed E-state index contributed by atoms with van der Waals surface area (Å²) in [6.45, 7) is 1.87. The first kappa shape index (κ1) is 21.7. The minimum Gasteiger partial charge on any atom is -0.459 e. The second kappa shape index (κ2) is 8.32. The lowest BCUT2D eigenvalue weighted by Gasteiger charge is -2.39. The zero-order chi connectivity index (χ0) is 22.5. The number of fused-ring (bicyclic) bond motifs is 1. The van der Waals surface area contributed by atoms with E-state index in [2.05, 4.69) is 5.32 Å². The van der Waals surface area contributed by atoms with Crippen LogP contribution in [0.4, 0.5) is 5.69 Å². The fourth-order valence-corrected chi connectivity index (χ4v) is 8.06. The molecule has 5 rings (SSSR count). The summed E-state index contributed by atoms with van der Waals surface area (Å²) in [6.07, 6.45) is 4.85. The van der Waals surface area contributed by atoms with Gasteiger partial charge in [-0.05, 0) is 38.0 Å². The Morgan fingerprint density at radius 3 is 2.84 bits per heavy atom. The number of hydrogen-bond donors (Lipinski definition) is 2. The van der Waals surface area contributed by atoms with Crippen LogP contribution in [0.1, 0.15) is 58.5 Å². The molecular formula is C23H24ClN3O3S2. The number of carbonyl (C=O) groups is 1. The molecule has 32 heavy (non-hydrogen) atoms. The van der Waals surface area contributed by atoms with Gasteiger partial charge in [0, 0.05) is 21.1 Å². The van der Waals surface area contributed by atoms with Crippen LogP contribution in [0.3, 0.4) is 0 Å². The van der Waals surface area contributed by atoms with Crippen LogP contribution in [-0.2, 0) is 10.8 Å². The molecule has 1 fully saturated rings. The van der Waals surface area contributed by atoms with Crippen molar-refractivity contribution in [3.63, 3.8) is 0 Å². The van der Waals surface area contributed by atoms with Crippen molar-refractivity contribution in [2.75, 3.05) is 11.1 Å². The number of benzene rings is 1. The van der Waals surface area contributed by atoms with Crippen LogP contribution in [0, 0.1) is 6.92 Å². The van der Waals surface area contributed by atoms with Crippen LogP contribution in [0.5, 0.6) is 0 Å². The summed E-state index contributed by atoms with van der Waals surface area (Å²) < 4.78 is 18.5. The fourth-order valence-electron chi connectivity index (χ4n) is 4.68. The number of nitrogens with one attached hydrogen (secondary N) is 1. The van der Waals surface area contributed by atoms with Gasteiger partial charge in [0.2, 0.25) is 0 Å². The van der Waals surface area contributed by atoms with Gasteiger partial charge in [0.1, 0.15) is 16.3 Å². The van der Waals surface area contributed by atoms with Crippen molar-refractivity contribution in [3.8, 4) is 0 Å². The van der Waals surface area contributed by atoms with E-state index in [1.807, 2.05) is 25.1 Å². The van der Waals surface area contributed by atoms with E-state index >= 15 is 0 Å². The molecule has 6 nitrogen and oxygen atoms in total. The van der Waals surface area contributed by atoms with E-state index in [0.29, 0.717) is 32.8 Å². The maximum atomic E-state index is 13.2. The summed E-state index contributed by atoms with van der Waals surface area (Å²) in [5.41, 5.74) is 7.61. The predicted molar refractivity (Wildman–Crippen MR) is 131 cm³/mol. The van der Waals surface area contributed by atoms with Crippen molar-refractivity contribution < 1.29 is 13.4 Å². The number of halogens is 1. The number of nitrogens with zero attached hydrogens (tertiary/aromatic N) is 1. The molecule has 2 aliphatic rings. The van der Waals surface area contributed by atoms with Gasteiger partial charge in [0.05, 0.1) is 27.4 Å². The Bertz CT molecular complexity index is 1260. The van der Waals surface area contributed by atoms with Crippen molar-refractivity contribution in [3.05, 3.63) is 50.9 Å². The van der Waals surface area contributed by atoms with Crippen molar-refractivity contribution in [1.82, 2.24) is 0 Å². The minimum absolute atomic E-state index is 0.276. The van der Waals surface area contributed by atoms with Gasteiger partial charge in [-0.3, -0.25) is 14.0 Å². The first-order chi connectivity index (χ1) is 15.4. The molecule has 1 aliphatic heterocycles. The molecule has 2 atom stereocenters. The van der Waals surface area contributed by atoms with Crippen molar-refractivity contribution in [2.24, 2.45) is 10.7 Å². The molecule has 3 N–H and O–H groups in total. The van der Waals surface area contributed by atoms with Crippen molar-refractivity contribution in [2.45, 2.75) is 49.8 Å². The highest BCUT2D eigenvalue weighted by atomic mass is 35.5. The van der Waals surface area contributed by atoms with Crippen LogP contribution >= 0.6 is 22.9 Å². The average molecular weight is 490 g/mol.